The lowest BCUT2D eigenvalue weighted by molar-refractivity contribution is -0.132. The zero-order valence-corrected chi connectivity index (χ0v) is 27.5. The Bertz CT molecular complexity index is 1220. The maximum absolute atomic E-state index is 13.1. The van der Waals surface area contributed by atoms with Gasteiger partial charge in [-0.25, -0.2) is 0 Å². The van der Waals surface area contributed by atoms with Crippen LogP contribution in [0.3, 0.4) is 0 Å². The molecule has 0 unspecified atom stereocenters. The van der Waals surface area contributed by atoms with Crippen LogP contribution in [0.25, 0.3) is 12.2 Å². The molecule has 2 aliphatic heterocycles. The molecule has 2 aliphatic rings. The van der Waals surface area contributed by atoms with Gasteiger partial charge in [-0.3, -0.25) is 9.59 Å². The fraction of sp³-hybridized carbons (Fsp3) is 0.514. The van der Waals surface area contributed by atoms with Crippen LogP contribution in [-0.4, -0.2) is 88.1 Å². The second kappa shape index (κ2) is 17.2. The molecule has 2 fully saturated rings. The normalized spacial score (nSPS) is 16.1. The third-order valence-electron chi connectivity index (χ3n) is 8.61. The van der Waals surface area contributed by atoms with Gasteiger partial charge >= 0.3 is 0 Å². The van der Waals surface area contributed by atoms with E-state index in [2.05, 4.69) is 9.80 Å². The second-order valence-electron chi connectivity index (χ2n) is 12.3. The second-order valence-corrected chi connectivity index (χ2v) is 12.3. The highest BCUT2D eigenvalue weighted by Crippen LogP contribution is 2.31. The van der Waals surface area contributed by atoms with Crippen LogP contribution in [-0.2, 0) is 9.59 Å². The molecule has 2 heterocycles. The zero-order chi connectivity index (χ0) is 32.1. The standard InChI is InChI=1S/C37H50N2O6/c1-37(2,35(40)17-13-29-11-15-31(33(27-29)42-3)44-25-9-23-38-19-5-6-20-38)36(41)18-14-30-12-16-32(34(28-30)43-4)45-26-10-24-39-21-7-8-22-39/h11-18,27-28H,5-10,19-26H2,1-4H3/b17-13+,18-14+. The van der Waals surface area contributed by atoms with Crippen molar-refractivity contribution >= 4 is 23.7 Å². The summed E-state index contributed by atoms with van der Waals surface area (Å²) in [6, 6.07) is 11.1. The van der Waals surface area contributed by atoms with Gasteiger partial charge < -0.3 is 28.7 Å². The predicted molar refractivity (Wildman–Crippen MR) is 179 cm³/mol. The molecule has 244 valence electrons. The Kier molecular flexibility index (Phi) is 13.1. The topological polar surface area (TPSA) is 77.5 Å². The van der Waals surface area contributed by atoms with Crippen molar-refractivity contribution in [1.82, 2.24) is 9.80 Å². The van der Waals surface area contributed by atoms with E-state index in [1.165, 1.54) is 64.0 Å². The van der Waals surface area contributed by atoms with Gasteiger partial charge in [0.05, 0.1) is 32.8 Å². The fourth-order valence-electron chi connectivity index (χ4n) is 5.65. The third kappa shape index (κ3) is 10.2. The van der Waals surface area contributed by atoms with E-state index in [0.717, 1.165) is 37.1 Å². The average molecular weight is 619 g/mol. The number of nitrogens with zero attached hydrogens (tertiary/aromatic N) is 2. The molecule has 0 aromatic heterocycles. The van der Waals surface area contributed by atoms with E-state index >= 15 is 0 Å². The number of rotatable bonds is 18. The van der Waals surface area contributed by atoms with Crippen LogP contribution in [0.4, 0.5) is 0 Å². The quantitative estimate of drug-likeness (QED) is 0.109. The Balaban J connectivity index is 1.28. The summed E-state index contributed by atoms with van der Waals surface area (Å²) in [6.07, 6.45) is 13.4. The minimum atomic E-state index is -1.22. The van der Waals surface area contributed by atoms with Crippen LogP contribution < -0.4 is 18.9 Å². The van der Waals surface area contributed by atoms with Crippen molar-refractivity contribution in [1.29, 1.82) is 0 Å². The van der Waals surface area contributed by atoms with Crippen LogP contribution in [0.2, 0.25) is 0 Å². The number of ketones is 2. The summed E-state index contributed by atoms with van der Waals surface area (Å²) < 4.78 is 23.0. The number of ether oxygens (including phenoxy) is 4. The first kappa shape index (κ1) is 34.3. The highest BCUT2D eigenvalue weighted by Gasteiger charge is 2.32. The lowest BCUT2D eigenvalue weighted by atomic mass is 9.82. The molecule has 2 aromatic rings. The molecule has 0 radical (unpaired) electrons. The first-order chi connectivity index (χ1) is 21.8. The molecule has 8 heteroatoms. The Hall–Kier alpha value is -3.62. The van der Waals surface area contributed by atoms with E-state index in [4.69, 9.17) is 18.9 Å². The number of carbonyl (C=O) groups is 2. The average Bonchev–Trinajstić information content (AvgIpc) is 3.78. The molecular formula is C37H50N2O6. The number of likely N-dealkylation sites (tertiary alicyclic amines) is 2. The number of hydrogen-bond acceptors (Lipinski definition) is 8. The zero-order valence-electron chi connectivity index (χ0n) is 27.5. The summed E-state index contributed by atoms with van der Waals surface area (Å²) in [5.74, 6) is 2.01. The molecule has 0 aliphatic carbocycles. The van der Waals surface area contributed by atoms with Gasteiger partial charge in [-0.1, -0.05) is 24.3 Å². The molecule has 0 bridgehead atoms. The summed E-state index contributed by atoms with van der Waals surface area (Å²) in [6.45, 7) is 11.3. The van der Waals surface area contributed by atoms with Crippen LogP contribution >= 0.6 is 0 Å². The van der Waals surface area contributed by atoms with E-state index in [1.807, 2.05) is 36.4 Å². The molecule has 0 N–H and O–H groups in total. The van der Waals surface area contributed by atoms with Crippen LogP contribution in [0.15, 0.2) is 48.6 Å². The monoisotopic (exact) mass is 618 g/mol. The smallest absolute Gasteiger partial charge is 0.169 e. The molecule has 8 nitrogen and oxygen atoms in total. The van der Waals surface area contributed by atoms with Gasteiger partial charge in [-0.05, 0) is 126 Å². The summed E-state index contributed by atoms with van der Waals surface area (Å²) in [4.78, 5) is 31.2. The molecule has 0 spiro atoms. The van der Waals surface area contributed by atoms with E-state index in [9.17, 15) is 9.59 Å². The van der Waals surface area contributed by atoms with Gasteiger partial charge in [0.15, 0.2) is 34.6 Å². The number of hydrogen-bond donors (Lipinski definition) is 0. The third-order valence-corrected chi connectivity index (χ3v) is 8.61. The van der Waals surface area contributed by atoms with Crippen LogP contribution in [0, 0.1) is 5.41 Å². The van der Waals surface area contributed by atoms with Crippen molar-refractivity contribution in [3.05, 3.63) is 59.7 Å². The lowest BCUT2D eigenvalue weighted by Crippen LogP contribution is -2.30. The van der Waals surface area contributed by atoms with Crippen molar-refractivity contribution in [3.8, 4) is 23.0 Å². The first-order valence-electron chi connectivity index (χ1n) is 16.3. The van der Waals surface area contributed by atoms with Gasteiger partial charge in [0.1, 0.15) is 0 Å². The van der Waals surface area contributed by atoms with E-state index in [1.54, 1.807) is 40.2 Å². The number of allylic oxidation sites excluding steroid dienone is 2. The lowest BCUT2D eigenvalue weighted by Gasteiger charge is -2.18. The predicted octanol–water partition coefficient (Wildman–Crippen LogP) is 6.32. The Labute approximate surface area is 269 Å². The maximum Gasteiger partial charge on any atom is 0.169 e. The van der Waals surface area contributed by atoms with E-state index in [-0.39, 0.29) is 11.6 Å². The Morgan fingerprint density at radius 2 is 1.07 bits per heavy atom. The van der Waals surface area contributed by atoms with Crippen molar-refractivity contribution in [2.75, 3.05) is 66.7 Å². The van der Waals surface area contributed by atoms with Gasteiger partial charge in [-0.2, -0.15) is 0 Å². The molecule has 2 saturated heterocycles. The first-order valence-corrected chi connectivity index (χ1v) is 16.3. The molecule has 45 heavy (non-hydrogen) atoms. The largest absolute Gasteiger partial charge is 0.493 e. The van der Waals surface area contributed by atoms with Crippen molar-refractivity contribution in [2.45, 2.75) is 52.4 Å². The number of methoxy groups -OCH3 is 2. The minimum Gasteiger partial charge on any atom is -0.493 e. The molecule has 0 amide bonds. The summed E-state index contributed by atoms with van der Waals surface area (Å²) in [7, 11) is 3.21. The van der Waals surface area contributed by atoms with Gasteiger partial charge in [0.25, 0.3) is 0 Å². The van der Waals surface area contributed by atoms with Crippen molar-refractivity contribution in [3.63, 3.8) is 0 Å². The SMILES string of the molecule is COc1cc(/C=C/C(=O)C(C)(C)C(=O)/C=C/c2ccc(OCCCN3CCCC3)c(OC)c2)ccc1OCCCN1CCCC1. The van der Waals surface area contributed by atoms with Crippen LogP contribution in [0.5, 0.6) is 23.0 Å². The molecule has 4 rings (SSSR count). The van der Waals surface area contributed by atoms with E-state index in [0.29, 0.717) is 36.2 Å². The Morgan fingerprint density at radius 3 is 1.44 bits per heavy atom. The van der Waals surface area contributed by atoms with Gasteiger partial charge in [0.2, 0.25) is 0 Å². The summed E-state index contributed by atoms with van der Waals surface area (Å²) in [5.41, 5.74) is 0.348. The number of benzene rings is 2. The van der Waals surface area contributed by atoms with Crippen molar-refractivity contribution < 1.29 is 28.5 Å². The Morgan fingerprint density at radius 1 is 0.667 bits per heavy atom. The summed E-state index contributed by atoms with van der Waals surface area (Å²) >= 11 is 0. The molecular weight excluding hydrogens is 568 g/mol. The number of carbonyl (C=O) groups excluding carboxylic acids is 2. The van der Waals surface area contributed by atoms with Gasteiger partial charge in [-0.15, -0.1) is 0 Å². The molecule has 0 atom stereocenters. The van der Waals surface area contributed by atoms with Crippen LogP contribution in [0.1, 0.15) is 63.5 Å². The fourth-order valence-corrected chi connectivity index (χ4v) is 5.65. The molecule has 0 saturated carbocycles. The van der Waals surface area contributed by atoms with E-state index < -0.39 is 5.41 Å². The maximum atomic E-state index is 13.1. The highest BCUT2D eigenvalue weighted by atomic mass is 16.5. The minimum absolute atomic E-state index is 0.284. The summed E-state index contributed by atoms with van der Waals surface area (Å²) in [5, 5.41) is 0. The van der Waals surface area contributed by atoms with Crippen molar-refractivity contribution in [2.24, 2.45) is 5.41 Å². The molecule has 2 aromatic carbocycles. The highest BCUT2D eigenvalue weighted by molar-refractivity contribution is 6.16. The van der Waals surface area contributed by atoms with Gasteiger partial charge in [0, 0.05) is 13.1 Å².